The second-order valence-electron chi connectivity index (χ2n) is 5.03. The molecule has 0 aliphatic carbocycles. The molecule has 0 aliphatic rings. The van der Waals surface area contributed by atoms with Crippen LogP contribution >= 0.6 is 28.3 Å². The first kappa shape index (κ1) is 19.2. The van der Waals surface area contributed by atoms with Crippen LogP contribution < -0.4 is 14.8 Å². The zero-order chi connectivity index (χ0) is 16.9. The van der Waals surface area contributed by atoms with E-state index >= 15 is 0 Å². The molecule has 0 atom stereocenters. The van der Waals surface area contributed by atoms with E-state index in [1.807, 2.05) is 37.3 Å². The summed E-state index contributed by atoms with van der Waals surface area (Å²) in [5.41, 5.74) is 1.38. The Morgan fingerprint density at radius 2 is 1.92 bits per heavy atom. The standard InChI is InChI=1S/C18H18N2O3S.BrH/c1-3-23-15-9-6-10-16-17(15)20-18(24-16)19-11-13(21)12-7-4-5-8-14(12)22-2;/h4-10H,3,11H2,1-2H3,(H,19,20);1H. The van der Waals surface area contributed by atoms with E-state index in [0.717, 1.165) is 16.0 Å². The summed E-state index contributed by atoms with van der Waals surface area (Å²) in [7, 11) is 1.56. The van der Waals surface area contributed by atoms with Crippen LogP contribution in [0.3, 0.4) is 0 Å². The van der Waals surface area contributed by atoms with Crippen molar-refractivity contribution in [3.05, 3.63) is 48.0 Å². The Hall–Kier alpha value is -2.12. The monoisotopic (exact) mass is 422 g/mol. The van der Waals surface area contributed by atoms with Gasteiger partial charge in [0.25, 0.3) is 0 Å². The highest BCUT2D eigenvalue weighted by atomic mass is 79.9. The van der Waals surface area contributed by atoms with Crippen LogP contribution in [0, 0.1) is 0 Å². The maximum atomic E-state index is 12.4. The van der Waals surface area contributed by atoms with Gasteiger partial charge in [-0.05, 0) is 31.2 Å². The number of halogens is 1. The van der Waals surface area contributed by atoms with Crippen molar-refractivity contribution in [3.63, 3.8) is 0 Å². The number of carbonyl (C=O) groups excluding carboxylic acids is 1. The molecule has 0 aliphatic heterocycles. The fraction of sp³-hybridized carbons (Fsp3) is 0.222. The largest absolute Gasteiger partial charge is 0.496 e. The van der Waals surface area contributed by atoms with Gasteiger partial charge in [0.05, 0.1) is 30.5 Å². The Bertz CT molecular complexity index is 866. The first-order chi connectivity index (χ1) is 11.7. The number of anilines is 1. The van der Waals surface area contributed by atoms with Crippen LogP contribution in [0.2, 0.25) is 0 Å². The molecule has 0 saturated carbocycles. The third-order valence-corrected chi connectivity index (χ3v) is 4.47. The smallest absolute Gasteiger partial charge is 0.185 e. The van der Waals surface area contributed by atoms with Crippen LogP contribution in [0.15, 0.2) is 42.5 Å². The maximum absolute atomic E-state index is 12.4. The molecule has 2 aromatic carbocycles. The number of thiazole rings is 1. The molecule has 0 spiro atoms. The van der Waals surface area contributed by atoms with Gasteiger partial charge in [0.15, 0.2) is 10.9 Å². The normalized spacial score (nSPS) is 10.2. The Morgan fingerprint density at radius 3 is 2.68 bits per heavy atom. The van der Waals surface area contributed by atoms with Crippen LogP contribution in [-0.4, -0.2) is 31.0 Å². The molecule has 132 valence electrons. The lowest BCUT2D eigenvalue weighted by molar-refractivity contribution is 0.100. The van der Waals surface area contributed by atoms with Crippen molar-refractivity contribution in [1.29, 1.82) is 0 Å². The molecule has 0 bridgehead atoms. The molecule has 0 amide bonds. The van der Waals surface area contributed by atoms with Crippen molar-refractivity contribution in [2.45, 2.75) is 6.92 Å². The molecule has 3 rings (SSSR count). The van der Waals surface area contributed by atoms with Gasteiger partial charge in [-0.2, -0.15) is 0 Å². The van der Waals surface area contributed by atoms with Crippen LogP contribution in [0.4, 0.5) is 5.13 Å². The summed E-state index contributed by atoms with van der Waals surface area (Å²) in [5.74, 6) is 1.29. The minimum absolute atomic E-state index is 0. The van der Waals surface area contributed by atoms with E-state index in [1.165, 1.54) is 11.3 Å². The minimum atomic E-state index is -0.0447. The lowest BCUT2D eigenvalue weighted by Crippen LogP contribution is -2.14. The molecule has 0 unspecified atom stereocenters. The number of fused-ring (bicyclic) bond motifs is 1. The van der Waals surface area contributed by atoms with E-state index in [0.29, 0.717) is 23.1 Å². The average Bonchev–Trinajstić information content (AvgIpc) is 3.04. The first-order valence-electron chi connectivity index (χ1n) is 7.65. The maximum Gasteiger partial charge on any atom is 0.185 e. The SMILES string of the molecule is Br.CCOc1cccc2sc(NCC(=O)c3ccccc3OC)nc12. The van der Waals surface area contributed by atoms with Gasteiger partial charge >= 0.3 is 0 Å². The number of hydrogen-bond acceptors (Lipinski definition) is 6. The molecular formula is C18H19BrN2O3S. The van der Waals surface area contributed by atoms with E-state index in [1.54, 1.807) is 19.2 Å². The van der Waals surface area contributed by atoms with Crippen molar-refractivity contribution in [3.8, 4) is 11.5 Å². The molecular weight excluding hydrogens is 404 g/mol. The fourth-order valence-electron chi connectivity index (χ4n) is 2.40. The van der Waals surface area contributed by atoms with Crippen molar-refractivity contribution in [1.82, 2.24) is 4.98 Å². The summed E-state index contributed by atoms with van der Waals surface area (Å²) < 4.78 is 11.8. The predicted octanol–water partition coefficient (Wildman–Crippen LogP) is 4.58. The van der Waals surface area contributed by atoms with Gasteiger partial charge in [-0.3, -0.25) is 4.79 Å². The van der Waals surface area contributed by atoms with Gasteiger partial charge in [-0.15, -0.1) is 17.0 Å². The molecule has 25 heavy (non-hydrogen) atoms. The van der Waals surface area contributed by atoms with Gasteiger partial charge in [-0.25, -0.2) is 4.98 Å². The number of methoxy groups -OCH3 is 1. The second kappa shape index (κ2) is 8.82. The number of rotatable bonds is 7. The number of nitrogens with zero attached hydrogens (tertiary/aromatic N) is 1. The summed E-state index contributed by atoms with van der Waals surface area (Å²) in [6.45, 7) is 2.69. The molecule has 7 heteroatoms. The number of benzene rings is 2. The number of aromatic nitrogens is 1. The highest BCUT2D eigenvalue weighted by molar-refractivity contribution is 8.93. The van der Waals surface area contributed by atoms with Gasteiger partial charge in [0.2, 0.25) is 0 Å². The van der Waals surface area contributed by atoms with E-state index < -0.39 is 0 Å². The Kier molecular flexibility index (Phi) is 6.78. The Labute approximate surface area is 160 Å². The van der Waals surface area contributed by atoms with Crippen LogP contribution in [0.5, 0.6) is 11.5 Å². The number of hydrogen-bond donors (Lipinski definition) is 1. The van der Waals surface area contributed by atoms with Crippen LogP contribution in [0.25, 0.3) is 10.2 Å². The predicted molar refractivity (Wildman–Crippen MR) is 107 cm³/mol. The summed E-state index contributed by atoms with van der Waals surface area (Å²) in [6, 6.07) is 13.0. The summed E-state index contributed by atoms with van der Waals surface area (Å²) in [5, 5.41) is 3.79. The third-order valence-electron chi connectivity index (χ3n) is 3.49. The van der Waals surface area contributed by atoms with Crippen molar-refractivity contribution >= 4 is 49.4 Å². The first-order valence-corrected chi connectivity index (χ1v) is 8.47. The van der Waals surface area contributed by atoms with Gasteiger partial charge in [-0.1, -0.05) is 29.5 Å². The van der Waals surface area contributed by atoms with Crippen LogP contribution in [-0.2, 0) is 0 Å². The lowest BCUT2D eigenvalue weighted by Gasteiger charge is -2.07. The molecule has 0 fully saturated rings. The molecule has 1 aromatic heterocycles. The number of carbonyl (C=O) groups is 1. The van der Waals surface area contributed by atoms with Crippen molar-refractivity contribution in [2.75, 3.05) is 25.6 Å². The van der Waals surface area contributed by atoms with E-state index in [9.17, 15) is 4.79 Å². The zero-order valence-corrected chi connectivity index (χ0v) is 16.5. The second-order valence-corrected chi connectivity index (χ2v) is 6.06. The topological polar surface area (TPSA) is 60.5 Å². The summed E-state index contributed by atoms with van der Waals surface area (Å²) in [4.78, 5) is 16.9. The quantitative estimate of drug-likeness (QED) is 0.564. The van der Waals surface area contributed by atoms with Crippen molar-refractivity contribution in [2.24, 2.45) is 0 Å². The van der Waals surface area contributed by atoms with E-state index in [2.05, 4.69) is 10.3 Å². The highest BCUT2D eigenvalue weighted by Gasteiger charge is 2.13. The molecule has 1 heterocycles. The summed E-state index contributed by atoms with van der Waals surface area (Å²) in [6.07, 6.45) is 0. The third kappa shape index (κ3) is 4.29. The highest BCUT2D eigenvalue weighted by Crippen LogP contribution is 2.32. The Morgan fingerprint density at radius 1 is 1.16 bits per heavy atom. The lowest BCUT2D eigenvalue weighted by atomic mass is 10.1. The number of nitrogens with one attached hydrogen (secondary N) is 1. The number of ether oxygens (including phenoxy) is 2. The van der Waals surface area contributed by atoms with E-state index in [-0.39, 0.29) is 29.3 Å². The zero-order valence-electron chi connectivity index (χ0n) is 13.9. The number of para-hydroxylation sites is 2. The molecule has 1 N–H and O–H groups in total. The van der Waals surface area contributed by atoms with E-state index in [4.69, 9.17) is 9.47 Å². The van der Waals surface area contributed by atoms with Crippen LogP contribution in [0.1, 0.15) is 17.3 Å². The molecule has 0 saturated heterocycles. The number of ketones is 1. The van der Waals surface area contributed by atoms with Gasteiger partial charge in [0.1, 0.15) is 17.0 Å². The Balaban J connectivity index is 0.00000225. The average molecular weight is 423 g/mol. The molecule has 3 aromatic rings. The van der Waals surface area contributed by atoms with Crippen molar-refractivity contribution < 1.29 is 14.3 Å². The van der Waals surface area contributed by atoms with Gasteiger partial charge in [0, 0.05) is 0 Å². The number of Topliss-reactive ketones (excluding diaryl/α,β-unsaturated/α-hetero) is 1. The minimum Gasteiger partial charge on any atom is -0.496 e. The molecule has 5 nitrogen and oxygen atoms in total. The molecule has 0 radical (unpaired) electrons. The fourth-order valence-corrected chi connectivity index (χ4v) is 3.28. The summed E-state index contributed by atoms with van der Waals surface area (Å²) >= 11 is 1.50. The van der Waals surface area contributed by atoms with Gasteiger partial charge < -0.3 is 14.8 Å².